The first kappa shape index (κ1) is 31.9. The normalized spacial score (nSPS) is 11.9. The monoisotopic (exact) mass is 746 g/mol. The maximum atomic E-state index is 6.68. The molecule has 0 fully saturated rings. The number of rotatable bonds is 5. The summed E-state index contributed by atoms with van der Waals surface area (Å²) in [7, 11) is 0. The molecule has 5 nitrogen and oxygen atoms in total. The summed E-state index contributed by atoms with van der Waals surface area (Å²) in [5.74, 6) is 1.83. The van der Waals surface area contributed by atoms with Crippen LogP contribution >= 0.6 is 11.3 Å². The van der Waals surface area contributed by atoms with Crippen LogP contribution in [0.4, 0.5) is 0 Å². The van der Waals surface area contributed by atoms with Gasteiger partial charge >= 0.3 is 0 Å². The third kappa shape index (κ3) is 5.19. The van der Waals surface area contributed by atoms with Crippen LogP contribution in [-0.2, 0) is 0 Å². The molecule has 0 saturated heterocycles. The number of thiophene rings is 1. The molecule has 8 aromatic carbocycles. The Morgan fingerprint density at radius 3 is 1.75 bits per heavy atom. The highest BCUT2D eigenvalue weighted by Crippen LogP contribution is 2.40. The highest BCUT2D eigenvalue weighted by atomic mass is 32.1. The van der Waals surface area contributed by atoms with Gasteiger partial charge in [-0.05, 0) is 71.8 Å². The molecule has 0 bridgehead atoms. The van der Waals surface area contributed by atoms with Gasteiger partial charge < -0.3 is 8.98 Å². The fourth-order valence-electron chi connectivity index (χ4n) is 8.33. The number of furan rings is 1. The number of nitrogens with zero attached hydrogens (tertiary/aromatic N) is 4. The standard InChI is InChI=1S/C51H30N4OS/c1-3-12-31(13-4-1)32-14-11-15-33(26-32)49-52-50(54-51(53-49)35-23-25-40-39-19-8-10-21-47(39)57-48(40)28-35)34-22-24-38-42-29-44-41(30-46(42)56-45(38)27-34)37-18-7-9-20-43(37)55(44)36-16-5-2-6-17-36/h1-30H. The van der Waals surface area contributed by atoms with Crippen LogP contribution in [0.3, 0.4) is 0 Å². The van der Waals surface area contributed by atoms with Crippen LogP contribution < -0.4 is 0 Å². The summed E-state index contributed by atoms with van der Waals surface area (Å²) >= 11 is 1.79. The average Bonchev–Trinajstić information content (AvgIpc) is 3.94. The summed E-state index contributed by atoms with van der Waals surface area (Å²) in [5, 5.41) is 6.95. The molecule has 57 heavy (non-hydrogen) atoms. The molecule has 0 unspecified atom stereocenters. The fraction of sp³-hybridized carbons (Fsp3) is 0. The van der Waals surface area contributed by atoms with Gasteiger partial charge in [0, 0.05) is 64.1 Å². The number of para-hydroxylation sites is 2. The van der Waals surface area contributed by atoms with Gasteiger partial charge in [-0.25, -0.2) is 15.0 Å². The second kappa shape index (κ2) is 12.6. The van der Waals surface area contributed by atoms with Crippen LogP contribution in [0.25, 0.3) is 115 Å². The van der Waals surface area contributed by atoms with Gasteiger partial charge in [-0.1, -0.05) is 121 Å². The molecule has 0 aliphatic rings. The van der Waals surface area contributed by atoms with E-state index in [0.717, 1.165) is 66.3 Å². The van der Waals surface area contributed by atoms with Gasteiger partial charge in [-0.3, -0.25) is 0 Å². The van der Waals surface area contributed by atoms with Crippen molar-refractivity contribution < 1.29 is 4.42 Å². The Kier molecular flexibility index (Phi) is 7.03. The zero-order chi connectivity index (χ0) is 37.5. The summed E-state index contributed by atoms with van der Waals surface area (Å²) in [5.41, 5.74) is 10.0. The van der Waals surface area contributed by atoms with Gasteiger partial charge in [0.25, 0.3) is 0 Å². The lowest BCUT2D eigenvalue weighted by atomic mass is 10.0. The predicted molar refractivity (Wildman–Crippen MR) is 236 cm³/mol. The number of aromatic nitrogens is 4. The van der Waals surface area contributed by atoms with Crippen LogP contribution in [-0.4, -0.2) is 19.5 Å². The Bertz CT molecular complexity index is 3530. The molecule has 4 heterocycles. The van der Waals surface area contributed by atoms with Crippen molar-refractivity contribution in [3.63, 3.8) is 0 Å². The highest BCUT2D eigenvalue weighted by molar-refractivity contribution is 7.25. The Morgan fingerprint density at radius 1 is 0.351 bits per heavy atom. The van der Waals surface area contributed by atoms with Crippen LogP contribution in [0.15, 0.2) is 186 Å². The largest absolute Gasteiger partial charge is 0.456 e. The first-order valence-corrected chi connectivity index (χ1v) is 19.8. The van der Waals surface area contributed by atoms with E-state index in [4.69, 9.17) is 19.4 Å². The van der Waals surface area contributed by atoms with E-state index in [2.05, 4.69) is 180 Å². The molecular formula is C51H30N4OS. The van der Waals surface area contributed by atoms with Crippen LogP contribution in [0.1, 0.15) is 0 Å². The molecule has 0 amide bonds. The molecule has 266 valence electrons. The van der Waals surface area contributed by atoms with E-state index >= 15 is 0 Å². The van der Waals surface area contributed by atoms with E-state index in [-0.39, 0.29) is 0 Å². The van der Waals surface area contributed by atoms with Crippen molar-refractivity contribution in [1.29, 1.82) is 0 Å². The zero-order valence-electron chi connectivity index (χ0n) is 30.4. The van der Waals surface area contributed by atoms with Crippen LogP contribution in [0.2, 0.25) is 0 Å². The number of benzene rings is 8. The van der Waals surface area contributed by atoms with Gasteiger partial charge in [0.2, 0.25) is 0 Å². The minimum atomic E-state index is 0.589. The summed E-state index contributed by atoms with van der Waals surface area (Å²) in [6, 6.07) is 63.8. The SMILES string of the molecule is c1ccc(-c2cccc(-c3nc(-c4ccc5c(c4)oc4cc6c7ccccc7n(-c7ccccc7)c6cc45)nc(-c4ccc5c(c4)sc4ccccc45)n3)c2)cc1. The third-order valence-electron chi connectivity index (χ3n) is 11.0. The van der Waals surface area contributed by atoms with Gasteiger partial charge in [-0.2, -0.15) is 0 Å². The van der Waals surface area contributed by atoms with Crippen molar-refractivity contribution in [1.82, 2.24) is 19.5 Å². The van der Waals surface area contributed by atoms with E-state index in [1.807, 2.05) is 6.07 Å². The summed E-state index contributed by atoms with van der Waals surface area (Å²) in [4.78, 5) is 15.4. The Hall–Kier alpha value is -7.41. The first-order valence-electron chi connectivity index (χ1n) is 19.0. The molecule has 0 saturated carbocycles. The van der Waals surface area contributed by atoms with Crippen LogP contribution in [0, 0.1) is 0 Å². The minimum Gasteiger partial charge on any atom is -0.456 e. The molecular weight excluding hydrogens is 717 g/mol. The summed E-state index contributed by atoms with van der Waals surface area (Å²) in [6.07, 6.45) is 0. The van der Waals surface area contributed by atoms with Gasteiger partial charge in [-0.15, -0.1) is 11.3 Å². The molecule has 0 spiro atoms. The van der Waals surface area contributed by atoms with E-state index in [1.54, 1.807) is 11.3 Å². The number of hydrogen-bond acceptors (Lipinski definition) is 5. The number of hydrogen-bond donors (Lipinski definition) is 0. The summed E-state index contributed by atoms with van der Waals surface area (Å²) < 4.78 is 11.5. The maximum Gasteiger partial charge on any atom is 0.164 e. The average molecular weight is 747 g/mol. The van der Waals surface area contributed by atoms with Gasteiger partial charge in [0.05, 0.1) is 11.0 Å². The van der Waals surface area contributed by atoms with Crippen molar-refractivity contribution >= 4 is 75.3 Å². The summed E-state index contributed by atoms with van der Waals surface area (Å²) in [6.45, 7) is 0. The van der Waals surface area contributed by atoms with Crippen molar-refractivity contribution in [2.24, 2.45) is 0 Å². The molecule has 6 heteroatoms. The maximum absolute atomic E-state index is 6.68. The minimum absolute atomic E-state index is 0.589. The quantitative estimate of drug-likeness (QED) is 0.176. The third-order valence-corrected chi connectivity index (χ3v) is 12.2. The van der Waals surface area contributed by atoms with Crippen molar-refractivity contribution in [2.75, 3.05) is 0 Å². The predicted octanol–water partition coefficient (Wildman–Crippen LogP) is 13.9. The Balaban J connectivity index is 1.03. The fourth-order valence-corrected chi connectivity index (χ4v) is 9.47. The Morgan fingerprint density at radius 2 is 0.947 bits per heavy atom. The van der Waals surface area contributed by atoms with Crippen molar-refractivity contribution in [3.05, 3.63) is 182 Å². The molecule has 0 N–H and O–H groups in total. The van der Waals surface area contributed by atoms with E-state index in [0.29, 0.717) is 17.5 Å². The van der Waals surface area contributed by atoms with Gasteiger partial charge in [0.15, 0.2) is 17.5 Å². The molecule has 4 aromatic heterocycles. The molecule has 12 rings (SSSR count). The Labute approximate surface area is 330 Å². The highest BCUT2D eigenvalue weighted by Gasteiger charge is 2.19. The van der Waals surface area contributed by atoms with Crippen molar-refractivity contribution in [2.45, 2.75) is 0 Å². The van der Waals surface area contributed by atoms with E-state index in [9.17, 15) is 0 Å². The second-order valence-electron chi connectivity index (χ2n) is 14.4. The second-order valence-corrected chi connectivity index (χ2v) is 15.5. The van der Waals surface area contributed by atoms with Crippen molar-refractivity contribution in [3.8, 4) is 51.0 Å². The van der Waals surface area contributed by atoms with E-state index in [1.165, 1.54) is 31.1 Å². The van der Waals surface area contributed by atoms with Crippen LogP contribution in [0.5, 0.6) is 0 Å². The van der Waals surface area contributed by atoms with Gasteiger partial charge in [0.1, 0.15) is 11.2 Å². The lowest BCUT2D eigenvalue weighted by Gasteiger charge is -2.10. The molecule has 0 aliphatic carbocycles. The molecule has 0 atom stereocenters. The lowest BCUT2D eigenvalue weighted by Crippen LogP contribution is -2.00. The molecule has 12 aromatic rings. The molecule has 0 aliphatic heterocycles. The zero-order valence-corrected chi connectivity index (χ0v) is 31.2. The number of fused-ring (bicyclic) bond motifs is 9. The first-order chi connectivity index (χ1) is 28.2. The molecule has 0 radical (unpaired) electrons. The lowest BCUT2D eigenvalue weighted by molar-refractivity contribution is 0.669. The smallest absolute Gasteiger partial charge is 0.164 e. The topological polar surface area (TPSA) is 56.7 Å². The van der Waals surface area contributed by atoms with E-state index < -0.39 is 0 Å².